The van der Waals surface area contributed by atoms with E-state index in [9.17, 15) is 8.42 Å². The third-order valence-corrected chi connectivity index (χ3v) is 2.67. The van der Waals surface area contributed by atoms with Crippen molar-refractivity contribution < 1.29 is 12.9 Å². The molecule has 0 aliphatic carbocycles. The summed E-state index contributed by atoms with van der Waals surface area (Å²) < 4.78 is 29.1. The second kappa shape index (κ2) is 3.67. The van der Waals surface area contributed by atoms with Gasteiger partial charge in [0.1, 0.15) is 0 Å². The summed E-state index contributed by atoms with van der Waals surface area (Å²) in [5.74, 6) is -0.538. The summed E-state index contributed by atoms with van der Waals surface area (Å²) in [5, 5.41) is 11.8. The molecule has 0 aliphatic rings. The molecule has 0 aromatic carbocycles. The first-order valence-corrected chi connectivity index (χ1v) is 5.42. The molecular formula is C7H9N3O3S. The fourth-order valence-corrected chi connectivity index (χ4v) is 1.49. The van der Waals surface area contributed by atoms with Crippen molar-refractivity contribution in [2.45, 2.75) is 13.8 Å². The van der Waals surface area contributed by atoms with Crippen LogP contribution in [0.25, 0.3) is 0 Å². The maximum atomic E-state index is 11.1. The Bertz CT molecular complexity index is 469. The molecule has 7 heteroatoms. The van der Waals surface area contributed by atoms with Crippen molar-refractivity contribution in [1.29, 1.82) is 5.26 Å². The first-order valence-electron chi connectivity index (χ1n) is 3.76. The van der Waals surface area contributed by atoms with Crippen LogP contribution in [0.3, 0.4) is 0 Å². The van der Waals surface area contributed by atoms with Gasteiger partial charge in [-0.1, -0.05) is 5.16 Å². The van der Waals surface area contributed by atoms with E-state index >= 15 is 0 Å². The monoisotopic (exact) mass is 215 g/mol. The maximum absolute atomic E-state index is 11.1. The highest BCUT2D eigenvalue weighted by Crippen LogP contribution is 2.18. The Morgan fingerprint density at radius 3 is 2.64 bits per heavy atom. The predicted molar refractivity (Wildman–Crippen MR) is 49.0 cm³/mol. The molecule has 0 saturated carbocycles. The van der Waals surface area contributed by atoms with Crippen molar-refractivity contribution in [1.82, 2.24) is 5.16 Å². The third-order valence-electron chi connectivity index (χ3n) is 1.66. The number of anilines is 1. The molecule has 1 aromatic heterocycles. The van der Waals surface area contributed by atoms with Crippen LogP contribution in [0.15, 0.2) is 4.52 Å². The molecule has 0 spiro atoms. The van der Waals surface area contributed by atoms with Gasteiger partial charge in [0.2, 0.25) is 15.9 Å². The summed E-state index contributed by atoms with van der Waals surface area (Å²) in [6.07, 6.45) is 0. The summed E-state index contributed by atoms with van der Waals surface area (Å²) in [6.45, 7) is 3.37. The van der Waals surface area contributed by atoms with Crippen molar-refractivity contribution >= 4 is 15.9 Å². The fourth-order valence-electron chi connectivity index (χ4n) is 0.773. The molecule has 0 amide bonds. The first kappa shape index (κ1) is 10.5. The molecule has 0 radical (unpaired) electrons. The Morgan fingerprint density at radius 1 is 1.57 bits per heavy atom. The lowest BCUT2D eigenvalue weighted by molar-refractivity contribution is 0.430. The lowest BCUT2D eigenvalue weighted by atomic mass is 10.3. The maximum Gasteiger partial charge on any atom is 0.248 e. The zero-order valence-corrected chi connectivity index (χ0v) is 8.55. The number of nitrogens with zero attached hydrogens (tertiary/aromatic N) is 2. The smallest absolute Gasteiger partial charge is 0.248 e. The van der Waals surface area contributed by atoms with Gasteiger partial charge in [-0.2, -0.15) is 5.26 Å². The van der Waals surface area contributed by atoms with E-state index in [1.165, 1.54) is 0 Å². The number of hydrogen-bond acceptors (Lipinski definition) is 5. The molecule has 1 aromatic rings. The van der Waals surface area contributed by atoms with Crippen molar-refractivity contribution in [3.63, 3.8) is 0 Å². The van der Waals surface area contributed by atoms with Crippen LogP contribution in [0, 0.1) is 25.2 Å². The number of aryl methyl sites for hydroxylation is 1. The fraction of sp³-hybridized carbons (Fsp3) is 0.429. The van der Waals surface area contributed by atoms with Crippen molar-refractivity contribution in [3.05, 3.63) is 11.3 Å². The first-order chi connectivity index (χ1) is 6.46. The van der Waals surface area contributed by atoms with E-state index < -0.39 is 15.8 Å². The third kappa shape index (κ3) is 2.23. The van der Waals surface area contributed by atoms with Gasteiger partial charge in [-0.05, 0) is 13.8 Å². The summed E-state index contributed by atoms with van der Waals surface area (Å²) in [5.41, 5.74) is 1.23. The van der Waals surface area contributed by atoms with E-state index in [-0.39, 0.29) is 5.88 Å². The summed E-state index contributed by atoms with van der Waals surface area (Å²) in [4.78, 5) is 0. The van der Waals surface area contributed by atoms with E-state index in [4.69, 9.17) is 9.78 Å². The van der Waals surface area contributed by atoms with Crippen LogP contribution in [-0.4, -0.2) is 19.3 Å². The van der Waals surface area contributed by atoms with Crippen LogP contribution in [0.5, 0.6) is 0 Å². The quantitative estimate of drug-likeness (QED) is 0.794. The Balaban J connectivity index is 2.91. The largest absolute Gasteiger partial charge is 0.337 e. The SMILES string of the molecule is Cc1noc(NS(=O)(=O)CC#N)c1C. The topological polar surface area (TPSA) is 96.0 Å². The van der Waals surface area contributed by atoms with E-state index in [1.807, 2.05) is 0 Å². The minimum Gasteiger partial charge on any atom is -0.337 e. The highest BCUT2D eigenvalue weighted by atomic mass is 32.2. The van der Waals surface area contributed by atoms with Crippen LogP contribution in [0.2, 0.25) is 0 Å². The minimum absolute atomic E-state index is 0.0674. The Hall–Kier alpha value is -1.55. The number of rotatable bonds is 3. The second-order valence-corrected chi connectivity index (χ2v) is 4.46. The van der Waals surface area contributed by atoms with Gasteiger partial charge in [0.15, 0.2) is 5.75 Å². The highest BCUT2D eigenvalue weighted by molar-refractivity contribution is 7.92. The van der Waals surface area contributed by atoms with Gasteiger partial charge in [-0.25, -0.2) is 13.1 Å². The molecular weight excluding hydrogens is 206 g/mol. The highest BCUT2D eigenvalue weighted by Gasteiger charge is 2.15. The normalized spacial score (nSPS) is 10.9. The number of aromatic nitrogens is 1. The number of sulfonamides is 1. The van der Waals surface area contributed by atoms with Gasteiger partial charge >= 0.3 is 0 Å². The second-order valence-electron chi connectivity index (χ2n) is 2.74. The van der Waals surface area contributed by atoms with Gasteiger partial charge in [-0.3, -0.25) is 0 Å². The molecule has 14 heavy (non-hydrogen) atoms. The zero-order chi connectivity index (χ0) is 10.8. The average molecular weight is 215 g/mol. The van der Waals surface area contributed by atoms with Gasteiger partial charge in [0.05, 0.1) is 11.8 Å². The molecule has 0 aliphatic heterocycles. The van der Waals surface area contributed by atoms with Gasteiger partial charge in [-0.15, -0.1) is 0 Å². The van der Waals surface area contributed by atoms with E-state index in [0.29, 0.717) is 11.3 Å². The summed E-state index contributed by atoms with van der Waals surface area (Å²) in [6, 6.07) is 1.54. The Kier molecular flexibility index (Phi) is 2.76. The molecule has 1 heterocycles. The zero-order valence-electron chi connectivity index (χ0n) is 7.73. The number of hydrogen-bond donors (Lipinski definition) is 1. The molecule has 0 bridgehead atoms. The molecule has 76 valence electrons. The summed E-state index contributed by atoms with van der Waals surface area (Å²) >= 11 is 0. The van der Waals surface area contributed by atoms with E-state index in [2.05, 4.69) is 9.88 Å². The van der Waals surface area contributed by atoms with Gasteiger partial charge in [0.25, 0.3) is 0 Å². The molecule has 0 unspecified atom stereocenters. The predicted octanol–water partition coefficient (Wildman–Crippen LogP) is 0.557. The standard InChI is InChI=1S/C7H9N3O3S/c1-5-6(2)9-13-7(5)10-14(11,12)4-3-8/h10H,4H2,1-2H3. The molecule has 0 fully saturated rings. The van der Waals surface area contributed by atoms with Crippen molar-refractivity contribution in [2.75, 3.05) is 10.5 Å². The molecule has 1 rings (SSSR count). The number of nitriles is 1. The van der Waals surface area contributed by atoms with Crippen molar-refractivity contribution in [2.24, 2.45) is 0 Å². The van der Waals surface area contributed by atoms with Crippen molar-refractivity contribution in [3.8, 4) is 6.07 Å². The van der Waals surface area contributed by atoms with E-state index in [0.717, 1.165) is 0 Å². The van der Waals surface area contributed by atoms with E-state index in [1.54, 1.807) is 19.9 Å². The van der Waals surface area contributed by atoms with Crippen LogP contribution >= 0.6 is 0 Å². The lowest BCUT2D eigenvalue weighted by Gasteiger charge is -2.00. The molecule has 0 atom stereocenters. The van der Waals surface area contributed by atoms with Crippen LogP contribution < -0.4 is 4.72 Å². The van der Waals surface area contributed by atoms with Gasteiger partial charge < -0.3 is 4.52 Å². The summed E-state index contributed by atoms with van der Waals surface area (Å²) in [7, 11) is -3.64. The lowest BCUT2D eigenvalue weighted by Crippen LogP contribution is -2.15. The van der Waals surface area contributed by atoms with Gasteiger partial charge in [0, 0.05) is 5.56 Å². The Labute approximate surface area is 81.6 Å². The average Bonchev–Trinajstić information content (AvgIpc) is 2.35. The minimum atomic E-state index is -3.64. The van der Waals surface area contributed by atoms with Crippen LogP contribution in [0.4, 0.5) is 5.88 Å². The molecule has 0 saturated heterocycles. The number of nitrogens with one attached hydrogen (secondary N) is 1. The molecule has 6 nitrogen and oxygen atoms in total. The van der Waals surface area contributed by atoms with Crippen LogP contribution in [0.1, 0.15) is 11.3 Å². The van der Waals surface area contributed by atoms with Crippen LogP contribution in [-0.2, 0) is 10.0 Å². The molecule has 1 N–H and O–H groups in total. The Morgan fingerprint density at radius 2 is 2.21 bits per heavy atom.